The highest BCUT2D eigenvalue weighted by atomic mass is 35.5. The molecule has 38 heavy (non-hydrogen) atoms. The number of anilines is 1. The second kappa shape index (κ2) is 9.52. The number of ether oxygens (including phenoxy) is 1. The number of urea groups is 1. The van der Waals surface area contributed by atoms with Crippen molar-refractivity contribution in [3.63, 3.8) is 0 Å². The summed E-state index contributed by atoms with van der Waals surface area (Å²) in [5, 5.41) is 8.57. The predicted molar refractivity (Wildman–Crippen MR) is 139 cm³/mol. The first-order chi connectivity index (χ1) is 18.0. The van der Waals surface area contributed by atoms with Crippen LogP contribution in [0.3, 0.4) is 0 Å². The van der Waals surface area contributed by atoms with Crippen molar-refractivity contribution >= 4 is 62.6 Å². The summed E-state index contributed by atoms with van der Waals surface area (Å²) in [5.74, 6) is -1.77. The van der Waals surface area contributed by atoms with Gasteiger partial charge in [0.25, 0.3) is 5.91 Å². The molecule has 3 N–H and O–H groups in total. The second-order valence-corrected chi connectivity index (χ2v) is 11.0. The van der Waals surface area contributed by atoms with E-state index in [1.165, 1.54) is 35.5 Å². The van der Waals surface area contributed by atoms with Crippen LogP contribution in [0.5, 0.6) is 5.75 Å². The zero-order valence-electron chi connectivity index (χ0n) is 20.6. The Labute approximate surface area is 225 Å². The molecule has 0 saturated carbocycles. The number of nitrogens with one attached hydrogen (secondary N) is 3. The average molecular weight is 560 g/mol. The smallest absolute Gasteiger partial charge is 0.320 e. The van der Waals surface area contributed by atoms with E-state index in [1.54, 1.807) is 26.0 Å². The van der Waals surface area contributed by atoms with Gasteiger partial charge < -0.3 is 20.3 Å². The molecular formula is C25H23ClFN5O5S. The van der Waals surface area contributed by atoms with Crippen molar-refractivity contribution in [1.82, 2.24) is 20.5 Å². The van der Waals surface area contributed by atoms with Gasteiger partial charge in [-0.3, -0.25) is 19.7 Å². The van der Waals surface area contributed by atoms with Crippen LogP contribution in [0.15, 0.2) is 24.3 Å². The Morgan fingerprint density at radius 3 is 2.76 bits per heavy atom. The molecule has 3 heterocycles. The maximum atomic E-state index is 15.4. The minimum Gasteiger partial charge on any atom is -0.495 e. The number of aromatic nitrogens is 1. The molecule has 1 unspecified atom stereocenters. The number of benzene rings is 2. The normalized spacial score (nSPS) is 17.4. The van der Waals surface area contributed by atoms with Gasteiger partial charge in [-0.05, 0) is 38.5 Å². The molecule has 13 heteroatoms. The Balaban J connectivity index is 1.31. The van der Waals surface area contributed by atoms with E-state index in [9.17, 15) is 19.2 Å². The minimum atomic E-state index is -0.917. The topological polar surface area (TPSA) is 130 Å². The molecule has 1 saturated heterocycles. The van der Waals surface area contributed by atoms with Crippen molar-refractivity contribution in [1.29, 1.82) is 0 Å². The number of hydrogen-bond acceptors (Lipinski definition) is 7. The first kappa shape index (κ1) is 25.9. The Kier molecular flexibility index (Phi) is 6.48. The van der Waals surface area contributed by atoms with E-state index in [0.717, 1.165) is 4.70 Å². The van der Waals surface area contributed by atoms with Crippen LogP contribution >= 0.6 is 22.9 Å². The Morgan fingerprint density at radius 1 is 1.29 bits per heavy atom. The number of hydrogen-bond donors (Lipinski definition) is 3. The van der Waals surface area contributed by atoms with Crippen molar-refractivity contribution in [2.45, 2.75) is 44.8 Å². The summed E-state index contributed by atoms with van der Waals surface area (Å²) < 4.78 is 21.5. The molecule has 2 aliphatic heterocycles. The van der Waals surface area contributed by atoms with Crippen molar-refractivity contribution in [2.24, 2.45) is 0 Å². The van der Waals surface area contributed by atoms with Gasteiger partial charge >= 0.3 is 6.03 Å². The van der Waals surface area contributed by atoms with Crippen molar-refractivity contribution in [2.75, 3.05) is 12.4 Å². The number of thiazole rings is 1. The van der Waals surface area contributed by atoms with E-state index in [4.69, 9.17) is 16.3 Å². The first-order valence-corrected chi connectivity index (χ1v) is 12.9. The van der Waals surface area contributed by atoms with Crippen LogP contribution in [0.2, 0.25) is 5.02 Å². The van der Waals surface area contributed by atoms with Crippen LogP contribution in [0, 0.1) is 5.82 Å². The van der Waals surface area contributed by atoms with Crippen molar-refractivity contribution in [3.05, 3.63) is 51.2 Å². The molecule has 0 spiro atoms. The van der Waals surface area contributed by atoms with Gasteiger partial charge in [-0.15, -0.1) is 11.3 Å². The largest absolute Gasteiger partial charge is 0.495 e. The fourth-order valence-electron chi connectivity index (χ4n) is 4.55. The Morgan fingerprint density at radius 2 is 2.05 bits per heavy atom. The summed E-state index contributed by atoms with van der Waals surface area (Å²) in [5.41, 5.74) is -0.179. The highest BCUT2D eigenvalue weighted by Crippen LogP contribution is 2.36. The lowest BCUT2D eigenvalue weighted by atomic mass is 10.0. The maximum absolute atomic E-state index is 15.4. The third kappa shape index (κ3) is 4.54. The number of imide groups is 1. The summed E-state index contributed by atoms with van der Waals surface area (Å²) in [6.45, 7) is 3.38. The number of carbonyl (C=O) groups excluding carboxylic acids is 4. The molecule has 2 aromatic carbocycles. The lowest BCUT2D eigenvalue weighted by Gasteiger charge is -2.29. The Bertz CT molecular complexity index is 1520. The van der Waals surface area contributed by atoms with Gasteiger partial charge in [-0.2, -0.15) is 0 Å². The van der Waals surface area contributed by atoms with E-state index in [1.807, 2.05) is 0 Å². The monoisotopic (exact) mass is 559 g/mol. The third-order valence-corrected chi connectivity index (χ3v) is 8.16. The van der Waals surface area contributed by atoms with Gasteiger partial charge in [-0.25, -0.2) is 14.2 Å². The number of fused-ring (bicyclic) bond motifs is 2. The van der Waals surface area contributed by atoms with Gasteiger partial charge in [0.15, 0.2) is 5.82 Å². The van der Waals surface area contributed by atoms with Gasteiger partial charge in [0.05, 0.1) is 40.1 Å². The van der Waals surface area contributed by atoms with Crippen molar-refractivity contribution in [3.8, 4) is 5.75 Å². The molecule has 3 aromatic rings. The SMILES string of the molecule is COc1cc2nc(C(C)(C)NC(=O)Nc3ccc4c(c3F)CN(C3CCC(=O)NC3=O)C4=O)sc2cc1Cl. The van der Waals surface area contributed by atoms with Crippen LogP contribution in [-0.2, 0) is 21.7 Å². The number of halogens is 2. The molecule has 1 aromatic heterocycles. The van der Waals surface area contributed by atoms with Gasteiger partial charge in [-0.1, -0.05) is 11.6 Å². The molecule has 1 fully saturated rings. The number of amides is 5. The average Bonchev–Trinajstić information content (AvgIpc) is 3.42. The first-order valence-electron chi connectivity index (χ1n) is 11.7. The van der Waals surface area contributed by atoms with Gasteiger partial charge in [0.1, 0.15) is 16.8 Å². The minimum absolute atomic E-state index is 0.0776. The lowest BCUT2D eigenvalue weighted by Crippen LogP contribution is -2.52. The zero-order valence-corrected chi connectivity index (χ0v) is 22.2. The van der Waals surface area contributed by atoms with E-state index in [-0.39, 0.29) is 36.2 Å². The number of piperidine rings is 1. The van der Waals surface area contributed by atoms with E-state index >= 15 is 4.39 Å². The second-order valence-electron chi connectivity index (χ2n) is 9.53. The summed E-state index contributed by atoms with van der Waals surface area (Å²) in [4.78, 5) is 55.3. The van der Waals surface area contributed by atoms with E-state index in [2.05, 4.69) is 20.9 Å². The summed E-state index contributed by atoms with van der Waals surface area (Å²) >= 11 is 7.57. The van der Waals surface area contributed by atoms with Crippen LogP contribution in [0.25, 0.3) is 10.2 Å². The molecule has 1 atom stereocenters. The van der Waals surface area contributed by atoms with Gasteiger partial charge in [0, 0.05) is 23.6 Å². The highest BCUT2D eigenvalue weighted by molar-refractivity contribution is 7.18. The molecule has 0 radical (unpaired) electrons. The van der Waals surface area contributed by atoms with E-state index in [0.29, 0.717) is 21.3 Å². The van der Waals surface area contributed by atoms with Crippen molar-refractivity contribution < 1.29 is 28.3 Å². The van der Waals surface area contributed by atoms with Crippen LogP contribution in [0.4, 0.5) is 14.9 Å². The number of carbonyl (C=O) groups is 4. The molecule has 0 bridgehead atoms. The predicted octanol–water partition coefficient (Wildman–Crippen LogP) is 3.92. The maximum Gasteiger partial charge on any atom is 0.320 e. The molecule has 0 aliphatic carbocycles. The Hall–Kier alpha value is -3.77. The third-order valence-electron chi connectivity index (χ3n) is 6.52. The van der Waals surface area contributed by atoms with Crippen LogP contribution in [-0.4, -0.2) is 46.8 Å². The van der Waals surface area contributed by atoms with E-state index < -0.39 is 41.2 Å². The molecule has 5 rings (SSSR count). The van der Waals surface area contributed by atoms with Gasteiger partial charge in [0.2, 0.25) is 11.8 Å². The fourth-order valence-corrected chi connectivity index (χ4v) is 5.90. The summed E-state index contributed by atoms with van der Waals surface area (Å²) in [7, 11) is 1.51. The lowest BCUT2D eigenvalue weighted by molar-refractivity contribution is -0.136. The molecule has 10 nitrogen and oxygen atoms in total. The number of rotatable bonds is 5. The zero-order chi connectivity index (χ0) is 27.4. The molecular weight excluding hydrogens is 537 g/mol. The fraction of sp³-hybridized carbons (Fsp3) is 0.320. The molecule has 198 valence electrons. The molecule has 5 amide bonds. The quantitative estimate of drug-likeness (QED) is 0.406. The summed E-state index contributed by atoms with van der Waals surface area (Å²) in [6, 6.07) is 4.64. The van der Waals surface area contributed by atoms with Crippen LogP contribution < -0.4 is 20.7 Å². The summed E-state index contributed by atoms with van der Waals surface area (Å²) in [6.07, 6.45) is 0.260. The highest BCUT2D eigenvalue weighted by Gasteiger charge is 2.40. The number of methoxy groups -OCH3 is 1. The standard InChI is InChI=1S/C25H23ClFN5O5S/c1-25(2,23-28-15-9-17(37-3)13(26)8-18(15)38-23)31-24(36)29-14-5-4-11-12(20(14)27)10-32(22(11)35)16-6-7-19(33)30-21(16)34/h4-5,8-9,16H,6-7,10H2,1-3H3,(H2,29,31,36)(H,30,33,34). The number of nitrogens with zero attached hydrogens (tertiary/aromatic N) is 2. The molecule has 2 aliphatic rings. The van der Waals surface area contributed by atoms with Crippen LogP contribution in [0.1, 0.15) is 47.6 Å².